The lowest BCUT2D eigenvalue weighted by molar-refractivity contribution is 0.578. The standard InChI is InChI=1S/C14H27Cl/c1-2-3-4-5-6-7-8-9-10-11-12-13-14-15/h3-4H,2,5-14H2,1H3/b4-3-. The number of allylic oxidation sites excluding steroid dienone is 2. The van der Waals surface area contributed by atoms with Crippen molar-refractivity contribution in [2.75, 3.05) is 5.88 Å². The number of alkyl halides is 1. The number of hydrogen-bond donors (Lipinski definition) is 0. The van der Waals surface area contributed by atoms with E-state index in [4.69, 9.17) is 11.6 Å². The van der Waals surface area contributed by atoms with Crippen molar-refractivity contribution >= 4 is 11.6 Å². The summed E-state index contributed by atoms with van der Waals surface area (Å²) in [4.78, 5) is 0. The molecule has 0 aromatic heterocycles. The van der Waals surface area contributed by atoms with Gasteiger partial charge in [0.25, 0.3) is 0 Å². The molecule has 0 atom stereocenters. The molecule has 0 amide bonds. The van der Waals surface area contributed by atoms with Gasteiger partial charge < -0.3 is 0 Å². The Morgan fingerprint density at radius 2 is 1.27 bits per heavy atom. The molecule has 15 heavy (non-hydrogen) atoms. The summed E-state index contributed by atoms with van der Waals surface area (Å²) in [5.74, 6) is 0.837. The van der Waals surface area contributed by atoms with E-state index in [0.717, 1.165) is 5.88 Å². The quantitative estimate of drug-likeness (QED) is 0.243. The van der Waals surface area contributed by atoms with Crippen LogP contribution in [0.2, 0.25) is 0 Å². The van der Waals surface area contributed by atoms with Crippen LogP contribution in [0.25, 0.3) is 0 Å². The predicted molar refractivity (Wildman–Crippen MR) is 71.7 cm³/mol. The molecule has 1 heteroatoms. The molecule has 0 heterocycles. The first-order chi connectivity index (χ1) is 7.41. The normalized spacial score (nSPS) is 11.3. The van der Waals surface area contributed by atoms with E-state index in [1.54, 1.807) is 0 Å². The summed E-state index contributed by atoms with van der Waals surface area (Å²) in [6.45, 7) is 2.19. The summed E-state index contributed by atoms with van der Waals surface area (Å²) in [7, 11) is 0. The van der Waals surface area contributed by atoms with Crippen LogP contribution in [-0.4, -0.2) is 5.88 Å². The van der Waals surface area contributed by atoms with Gasteiger partial charge in [-0.2, -0.15) is 0 Å². The molecule has 0 aliphatic heterocycles. The Labute approximate surface area is 101 Å². The summed E-state index contributed by atoms with van der Waals surface area (Å²) in [5, 5.41) is 0. The second-order valence-corrected chi connectivity index (χ2v) is 4.56. The van der Waals surface area contributed by atoms with E-state index in [2.05, 4.69) is 19.1 Å². The fourth-order valence-electron chi connectivity index (χ4n) is 1.70. The molecule has 0 rings (SSSR count). The summed E-state index contributed by atoms with van der Waals surface area (Å²) < 4.78 is 0. The Bertz CT molecular complexity index is 129. The topological polar surface area (TPSA) is 0 Å². The lowest BCUT2D eigenvalue weighted by atomic mass is 10.1. The van der Waals surface area contributed by atoms with Crippen molar-refractivity contribution in [3.05, 3.63) is 12.2 Å². The van der Waals surface area contributed by atoms with Crippen molar-refractivity contribution < 1.29 is 0 Å². The first kappa shape index (κ1) is 15.0. The van der Waals surface area contributed by atoms with Crippen molar-refractivity contribution in [3.63, 3.8) is 0 Å². The minimum Gasteiger partial charge on any atom is -0.127 e. The number of unbranched alkanes of at least 4 members (excludes halogenated alkanes) is 8. The van der Waals surface area contributed by atoms with E-state index in [1.165, 1.54) is 64.2 Å². The first-order valence-corrected chi connectivity index (χ1v) is 7.16. The molecule has 0 saturated carbocycles. The van der Waals surface area contributed by atoms with E-state index in [0.29, 0.717) is 0 Å². The van der Waals surface area contributed by atoms with Gasteiger partial charge in [0.1, 0.15) is 0 Å². The van der Waals surface area contributed by atoms with Gasteiger partial charge in [0.05, 0.1) is 0 Å². The molecule has 0 aromatic carbocycles. The molecule has 0 aromatic rings. The molecule has 0 radical (unpaired) electrons. The van der Waals surface area contributed by atoms with Crippen LogP contribution in [0, 0.1) is 0 Å². The van der Waals surface area contributed by atoms with Crippen molar-refractivity contribution in [2.45, 2.75) is 71.1 Å². The van der Waals surface area contributed by atoms with E-state index in [9.17, 15) is 0 Å². The highest BCUT2D eigenvalue weighted by Crippen LogP contribution is 2.10. The third-order valence-electron chi connectivity index (χ3n) is 2.66. The SMILES string of the molecule is CC/C=C\CCCCCCCCCCCl. The summed E-state index contributed by atoms with van der Waals surface area (Å²) in [6, 6.07) is 0. The van der Waals surface area contributed by atoms with Crippen LogP contribution in [0.4, 0.5) is 0 Å². The molecule has 0 nitrogen and oxygen atoms in total. The van der Waals surface area contributed by atoms with Crippen molar-refractivity contribution in [1.29, 1.82) is 0 Å². The Morgan fingerprint density at radius 1 is 0.733 bits per heavy atom. The van der Waals surface area contributed by atoms with Gasteiger partial charge in [0.2, 0.25) is 0 Å². The average molecular weight is 231 g/mol. The van der Waals surface area contributed by atoms with Crippen LogP contribution in [-0.2, 0) is 0 Å². The molecule has 0 aliphatic carbocycles. The van der Waals surface area contributed by atoms with Gasteiger partial charge in [-0.15, -0.1) is 11.6 Å². The Balaban J connectivity index is 2.89. The molecule has 0 fully saturated rings. The van der Waals surface area contributed by atoms with Crippen LogP contribution in [0.5, 0.6) is 0 Å². The molecular formula is C14H27Cl. The van der Waals surface area contributed by atoms with Crippen LogP contribution >= 0.6 is 11.6 Å². The minimum absolute atomic E-state index is 0.837. The second-order valence-electron chi connectivity index (χ2n) is 4.19. The molecule has 0 unspecified atom stereocenters. The van der Waals surface area contributed by atoms with Gasteiger partial charge in [0, 0.05) is 5.88 Å². The van der Waals surface area contributed by atoms with E-state index in [1.807, 2.05) is 0 Å². The molecule has 0 saturated heterocycles. The van der Waals surface area contributed by atoms with E-state index >= 15 is 0 Å². The monoisotopic (exact) mass is 230 g/mol. The Kier molecular flexibility index (Phi) is 14.1. The predicted octanol–water partition coefficient (Wildman–Crippen LogP) is 5.70. The summed E-state index contributed by atoms with van der Waals surface area (Å²) in [5.41, 5.74) is 0. The molecule has 0 bridgehead atoms. The lowest BCUT2D eigenvalue weighted by Gasteiger charge is -2.00. The zero-order chi connectivity index (χ0) is 11.2. The first-order valence-electron chi connectivity index (χ1n) is 6.62. The molecule has 0 spiro atoms. The fraction of sp³-hybridized carbons (Fsp3) is 0.857. The highest BCUT2D eigenvalue weighted by Gasteiger charge is 1.91. The largest absolute Gasteiger partial charge is 0.127 e. The van der Waals surface area contributed by atoms with Crippen LogP contribution in [0.1, 0.15) is 71.1 Å². The summed E-state index contributed by atoms with van der Waals surface area (Å²) >= 11 is 5.62. The summed E-state index contributed by atoms with van der Waals surface area (Å²) in [6.07, 6.45) is 18.0. The zero-order valence-electron chi connectivity index (χ0n) is 10.3. The fourth-order valence-corrected chi connectivity index (χ4v) is 1.89. The molecule has 90 valence electrons. The Hall–Kier alpha value is 0.0300. The maximum atomic E-state index is 5.62. The maximum absolute atomic E-state index is 5.62. The highest BCUT2D eigenvalue weighted by molar-refractivity contribution is 6.17. The van der Waals surface area contributed by atoms with Crippen molar-refractivity contribution in [1.82, 2.24) is 0 Å². The molecular weight excluding hydrogens is 204 g/mol. The van der Waals surface area contributed by atoms with Crippen molar-refractivity contribution in [3.8, 4) is 0 Å². The van der Waals surface area contributed by atoms with Gasteiger partial charge in [-0.3, -0.25) is 0 Å². The highest BCUT2D eigenvalue weighted by atomic mass is 35.5. The minimum atomic E-state index is 0.837. The number of hydrogen-bond acceptors (Lipinski definition) is 0. The van der Waals surface area contributed by atoms with Crippen LogP contribution < -0.4 is 0 Å². The van der Waals surface area contributed by atoms with Gasteiger partial charge in [-0.05, 0) is 25.7 Å². The maximum Gasteiger partial charge on any atom is 0.0223 e. The second kappa shape index (κ2) is 14.0. The third-order valence-corrected chi connectivity index (χ3v) is 2.92. The van der Waals surface area contributed by atoms with Crippen molar-refractivity contribution in [2.24, 2.45) is 0 Å². The molecule has 0 aliphatic rings. The average Bonchev–Trinajstić information content (AvgIpc) is 2.26. The van der Waals surface area contributed by atoms with E-state index in [-0.39, 0.29) is 0 Å². The number of halogens is 1. The van der Waals surface area contributed by atoms with Gasteiger partial charge in [-0.1, -0.05) is 57.6 Å². The van der Waals surface area contributed by atoms with Crippen LogP contribution in [0.3, 0.4) is 0 Å². The van der Waals surface area contributed by atoms with Gasteiger partial charge in [-0.25, -0.2) is 0 Å². The third kappa shape index (κ3) is 14.0. The smallest absolute Gasteiger partial charge is 0.0223 e. The van der Waals surface area contributed by atoms with Gasteiger partial charge >= 0.3 is 0 Å². The lowest BCUT2D eigenvalue weighted by Crippen LogP contribution is -1.81. The number of rotatable bonds is 11. The Morgan fingerprint density at radius 3 is 1.80 bits per heavy atom. The molecule has 0 N–H and O–H groups in total. The van der Waals surface area contributed by atoms with E-state index < -0.39 is 0 Å². The van der Waals surface area contributed by atoms with Crippen LogP contribution in [0.15, 0.2) is 12.2 Å². The zero-order valence-corrected chi connectivity index (χ0v) is 11.1. The van der Waals surface area contributed by atoms with Gasteiger partial charge in [0.15, 0.2) is 0 Å².